The third kappa shape index (κ3) is 16.0. The van der Waals surface area contributed by atoms with Crippen LogP contribution in [-0.2, 0) is 0 Å². The summed E-state index contributed by atoms with van der Waals surface area (Å²) in [5.74, 6) is -0.534. The van der Waals surface area contributed by atoms with E-state index in [0.717, 1.165) is 36.8 Å². The molecule has 0 spiro atoms. The van der Waals surface area contributed by atoms with Gasteiger partial charge in [0.25, 0.3) is 11.8 Å². The Labute approximate surface area is 303 Å². The first-order valence-electron chi connectivity index (χ1n) is 19.8. The van der Waals surface area contributed by atoms with Gasteiger partial charge in [0.1, 0.15) is 0 Å². The van der Waals surface area contributed by atoms with E-state index in [1.165, 1.54) is 103 Å². The molecule has 2 atom stereocenters. The molecule has 0 saturated heterocycles. The Balaban J connectivity index is 1.38. The Morgan fingerprint density at radius 3 is 1.14 bits per heavy atom. The van der Waals surface area contributed by atoms with Gasteiger partial charge in [-0.2, -0.15) is 0 Å². The van der Waals surface area contributed by atoms with Gasteiger partial charge < -0.3 is 22.1 Å². The van der Waals surface area contributed by atoms with Crippen LogP contribution in [0.15, 0.2) is 72.8 Å². The number of unbranched alkanes of at least 4 members (excludes halogenated alkanes) is 16. The minimum atomic E-state index is -0.267. The molecule has 50 heavy (non-hydrogen) atoms. The molecular formula is C44H66N4O2. The predicted octanol–water partition coefficient (Wildman–Crippen LogP) is 12.0. The summed E-state index contributed by atoms with van der Waals surface area (Å²) in [6.07, 6.45) is 25.3. The molecule has 0 aromatic heterocycles. The lowest BCUT2D eigenvalue weighted by Gasteiger charge is -2.14. The van der Waals surface area contributed by atoms with Crippen molar-refractivity contribution in [3.8, 4) is 0 Å². The molecule has 0 saturated carbocycles. The highest BCUT2D eigenvalue weighted by Gasteiger charge is 2.13. The lowest BCUT2D eigenvalue weighted by Crippen LogP contribution is -2.16. The van der Waals surface area contributed by atoms with E-state index in [2.05, 4.69) is 24.5 Å². The average Bonchev–Trinajstić information content (AvgIpc) is 3.14. The number of rotatable bonds is 26. The Kier molecular flexibility index (Phi) is 20.2. The summed E-state index contributed by atoms with van der Waals surface area (Å²) >= 11 is 0. The molecule has 3 aromatic carbocycles. The first-order valence-corrected chi connectivity index (χ1v) is 19.8. The van der Waals surface area contributed by atoms with Crippen LogP contribution in [0.25, 0.3) is 0 Å². The van der Waals surface area contributed by atoms with Crippen LogP contribution in [0.4, 0.5) is 11.4 Å². The first-order chi connectivity index (χ1) is 24.4. The highest BCUT2D eigenvalue weighted by molar-refractivity contribution is 6.08. The summed E-state index contributed by atoms with van der Waals surface area (Å²) in [6, 6.07) is 22.3. The molecule has 0 aliphatic rings. The number of nitrogens with one attached hydrogen (secondary N) is 2. The van der Waals surface area contributed by atoms with Gasteiger partial charge in [0.05, 0.1) is 0 Å². The topological polar surface area (TPSA) is 110 Å². The zero-order valence-corrected chi connectivity index (χ0v) is 31.2. The van der Waals surface area contributed by atoms with Gasteiger partial charge in [-0.1, -0.05) is 160 Å². The average molecular weight is 683 g/mol. The maximum atomic E-state index is 13.1. The van der Waals surface area contributed by atoms with Gasteiger partial charge in [0.15, 0.2) is 0 Å². The SMILES string of the molecule is CCCCCCCCCCCC(N)c1ccc(NC(=O)c2cccc(C(=O)Nc3ccc(C(N)CCCCCCCCCCC)cc3)c2)cc1. The van der Waals surface area contributed by atoms with E-state index in [0.29, 0.717) is 22.5 Å². The second-order valence-corrected chi connectivity index (χ2v) is 14.2. The van der Waals surface area contributed by atoms with Crippen LogP contribution in [0.1, 0.15) is 186 Å². The largest absolute Gasteiger partial charge is 0.324 e. The van der Waals surface area contributed by atoms with Crippen LogP contribution in [0.5, 0.6) is 0 Å². The summed E-state index contributed by atoms with van der Waals surface area (Å²) < 4.78 is 0. The Bertz CT molecular complexity index is 1250. The monoisotopic (exact) mass is 683 g/mol. The van der Waals surface area contributed by atoms with E-state index in [4.69, 9.17) is 11.5 Å². The van der Waals surface area contributed by atoms with Crippen LogP contribution < -0.4 is 22.1 Å². The smallest absolute Gasteiger partial charge is 0.255 e. The zero-order chi connectivity index (χ0) is 35.8. The maximum Gasteiger partial charge on any atom is 0.255 e. The van der Waals surface area contributed by atoms with E-state index >= 15 is 0 Å². The minimum Gasteiger partial charge on any atom is -0.324 e. The first kappa shape index (κ1) is 40.9. The summed E-state index contributed by atoms with van der Waals surface area (Å²) in [7, 11) is 0. The molecule has 0 aliphatic carbocycles. The van der Waals surface area contributed by atoms with E-state index < -0.39 is 0 Å². The molecular weight excluding hydrogens is 617 g/mol. The lowest BCUT2D eigenvalue weighted by molar-refractivity contribution is 0.102. The quantitative estimate of drug-likeness (QED) is 0.0631. The van der Waals surface area contributed by atoms with Crippen molar-refractivity contribution >= 4 is 23.2 Å². The molecule has 0 bridgehead atoms. The van der Waals surface area contributed by atoms with Gasteiger partial charge in [0, 0.05) is 34.6 Å². The molecule has 6 heteroatoms. The maximum absolute atomic E-state index is 13.1. The molecule has 2 unspecified atom stereocenters. The molecule has 6 nitrogen and oxygen atoms in total. The summed E-state index contributed by atoms with van der Waals surface area (Å²) in [4.78, 5) is 26.1. The predicted molar refractivity (Wildman–Crippen MR) is 213 cm³/mol. The Hall–Kier alpha value is -3.48. The molecule has 0 aliphatic heterocycles. The third-order valence-electron chi connectivity index (χ3n) is 9.82. The lowest BCUT2D eigenvalue weighted by atomic mass is 9.99. The highest BCUT2D eigenvalue weighted by atomic mass is 16.2. The Morgan fingerprint density at radius 1 is 0.480 bits per heavy atom. The van der Waals surface area contributed by atoms with Crippen molar-refractivity contribution in [2.75, 3.05) is 10.6 Å². The van der Waals surface area contributed by atoms with Gasteiger partial charge >= 0.3 is 0 Å². The van der Waals surface area contributed by atoms with Crippen molar-refractivity contribution in [1.82, 2.24) is 0 Å². The minimum absolute atomic E-state index is 0.00280. The fraction of sp³-hybridized carbons (Fsp3) is 0.545. The van der Waals surface area contributed by atoms with Gasteiger partial charge in [0.2, 0.25) is 0 Å². The molecule has 0 radical (unpaired) electrons. The standard InChI is InChI=1S/C44H66N4O2/c1-3-5-7-9-11-13-15-17-19-24-41(45)35-26-30-39(31-27-35)47-43(49)37-22-21-23-38(34-37)44(50)48-40-32-28-36(29-33-40)42(46)25-20-18-16-14-12-10-8-6-4-2/h21-23,26-34,41-42H,3-20,24-25,45-46H2,1-2H3,(H,47,49)(H,48,50). The van der Waals surface area contributed by atoms with E-state index in [1.54, 1.807) is 24.3 Å². The number of hydrogen-bond donors (Lipinski definition) is 4. The number of carbonyl (C=O) groups excluding carboxylic acids is 2. The van der Waals surface area contributed by atoms with Crippen molar-refractivity contribution in [2.24, 2.45) is 11.5 Å². The van der Waals surface area contributed by atoms with Gasteiger partial charge in [-0.15, -0.1) is 0 Å². The Morgan fingerprint density at radius 2 is 0.800 bits per heavy atom. The fourth-order valence-electron chi connectivity index (χ4n) is 6.52. The van der Waals surface area contributed by atoms with Crippen LogP contribution >= 0.6 is 0 Å². The van der Waals surface area contributed by atoms with Crippen molar-refractivity contribution in [3.63, 3.8) is 0 Å². The normalized spacial score (nSPS) is 12.4. The van der Waals surface area contributed by atoms with Gasteiger partial charge in [-0.25, -0.2) is 0 Å². The summed E-state index contributed by atoms with van der Waals surface area (Å²) in [5.41, 5.74) is 17.3. The van der Waals surface area contributed by atoms with Crippen LogP contribution in [0.3, 0.4) is 0 Å². The third-order valence-corrected chi connectivity index (χ3v) is 9.82. The van der Waals surface area contributed by atoms with E-state index in [1.807, 2.05) is 48.5 Å². The number of nitrogens with two attached hydrogens (primary N) is 2. The highest BCUT2D eigenvalue weighted by Crippen LogP contribution is 2.23. The molecule has 2 amide bonds. The van der Waals surface area contributed by atoms with Crippen molar-refractivity contribution < 1.29 is 9.59 Å². The second kappa shape index (κ2) is 24.6. The van der Waals surface area contributed by atoms with Crippen molar-refractivity contribution in [3.05, 3.63) is 95.1 Å². The molecule has 3 rings (SSSR count). The molecule has 0 heterocycles. The van der Waals surface area contributed by atoms with Crippen LogP contribution in [0.2, 0.25) is 0 Å². The van der Waals surface area contributed by atoms with Gasteiger partial charge in [-0.05, 0) is 66.4 Å². The van der Waals surface area contributed by atoms with Gasteiger partial charge in [-0.3, -0.25) is 9.59 Å². The number of amides is 2. The molecule has 6 N–H and O–H groups in total. The summed E-state index contributed by atoms with van der Waals surface area (Å²) in [6.45, 7) is 4.51. The van der Waals surface area contributed by atoms with Crippen molar-refractivity contribution in [2.45, 2.75) is 154 Å². The number of benzene rings is 3. The fourth-order valence-corrected chi connectivity index (χ4v) is 6.52. The zero-order valence-electron chi connectivity index (χ0n) is 31.2. The number of hydrogen-bond acceptors (Lipinski definition) is 4. The molecule has 3 aromatic rings. The van der Waals surface area contributed by atoms with E-state index in [9.17, 15) is 9.59 Å². The summed E-state index contributed by atoms with van der Waals surface area (Å²) in [5, 5.41) is 5.90. The van der Waals surface area contributed by atoms with Crippen molar-refractivity contribution in [1.29, 1.82) is 0 Å². The van der Waals surface area contributed by atoms with E-state index in [-0.39, 0.29) is 23.9 Å². The van der Waals surface area contributed by atoms with Crippen LogP contribution in [-0.4, -0.2) is 11.8 Å². The molecule has 0 fully saturated rings. The number of anilines is 2. The second-order valence-electron chi connectivity index (χ2n) is 14.2. The van der Waals surface area contributed by atoms with Crippen LogP contribution in [0, 0.1) is 0 Å². The number of carbonyl (C=O) groups is 2. The molecule has 274 valence electrons.